The lowest BCUT2D eigenvalue weighted by Gasteiger charge is -2.06. The molecule has 0 saturated carbocycles. The topological polar surface area (TPSA) is 102 Å². The summed E-state index contributed by atoms with van der Waals surface area (Å²) in [5, 5.41) is 22.2. The Bertz CT molecular complexity index is 491. The van der Waals surface area contributed by atoms with Gasteiger partial charge in [-0.25, -0.2) is 0 Å². The van der Waals surface area contributed by atoms with E-state index in [-0.39, 0.29) is 6.61 Å². The first-order chi connectivity index (χ1) is 9.67. The molecule has 0 aliphatic heterocycles. The largest absolute Gasteiger partial charge is 0.396 e. The standard InChI is InChI=1S/C14H17N3O3/c15-10-11-4-6-12(7-5-11)17-14(20)13(19)16-8-2-1-3-9-18/h4-7,18H,1-3,8-9H2,(H,16,19)(H,17,20). The van der Waals surface area contributed by atoms with E-state index < -0.39 is 11.8 Å². The normalized spacial score (nSPS) is 9.60. The maximum absolute atomic E-state index is 11.6. The van der Waals surface area contributed by atoms with Gasteiger partial charge >= 0.3 is 11.8 Å². The number of benzene rings is 1. The second-order valence-electron chi connectivity index (χ2n) is 4.18. The second kappa shape index (κ2) is 8.67. The van der Waals surface area contributed by atoms with E-state index in [1.807, 2.05) is 6.07 Å². The number of anilines is 1. The molecule has 2 amide bonds. The number of nitriles is 1. The van der Waals surface area contributed by atoms with Crippen LogP contribution in [0, 0.1) is 11.3 Å². The zero-order chi connectivity index (χ0) is 14.8. The second-order valence-corrected chi connectivity index (χ2v) is 4.18. The number of aliphatic hydroxyl groups excluding tert-OH is 1. The highest BCUT2D eigenvalue weighted by atomic mass is 16.3. The Morgan fingerprint density at radius 3 is 2.40 bits per heavy atom. The molecule has 0 aromatic heterocycles. The van der Waals surface area contributed by atoms with Crippen molar-refractivity contribution >= 4 is 17.5 Å². The molecule has 6 nitrogen and oxygen atoms in total. The van der Waals surface area contributed by atoms with E-state index in [4.69, 9.17) is 10.4 Å². The molecule has 0 unspecified atom stereocenters. The van der Waals surface area contributed by atoms with Crippen molar-refractivity contribution in [2.24, 2.45) is 0 Å². The molecule has 20 heavy (non-hydrogen) atoms. The first kappa shape index (κ1) is 15.7. The van der Waals surface area contributed by atoms with Crippen molar-refractivity contribution in [3.8, 4) is 6.07 Å². The lowest BCUT2D eigenvalue weighted by Crippen LogP contribution is -2.35. The average molecular weight is 275 g/mol. The molecule has 0 bridgehead atoms. The van der Waals surface area contributed by atoms with E-state index in [0.29, 0.717) is 24.2 Å². The van der Waals surface area contributed by atoms with Crippen molar-refractivity contribution in [2.45, 2.75) is 19.3 Å². The fourth-order valence-corrected chi connectivity index (χ4v) is 1.51. The van der Waals surface area contributed by atoms with Crippen LogP contribution in [-0.4, -0.2) is 30.1 Å². The lowest BCUT2D eigenvalue weighted by atomic mass is 10.2. The maximum atomic E-state index is 11.6. The number of carbonyl (C=O) groups excluding carboxylic acids is 2. The predicted octanol–water partition coefficient (Wildman–Crippen LogP) is 0.776. The molecule has 0 aliphatic rings. The van der Waals surface area contributed by atoms with Gasteiger partial charge in [0.1, 0.15) is 0 Å². The molecule has 0 heterocycles. The van der Waals surface area contributed by atoms with E-state index >= 15 is 0 Å². The van der Waals surface area contributed by atoms with Crippen molar-refractivity contribution in [2.75, 3.05) is 18.5 Å². The van der Waals surface area contributed by atoms with Crippen LogP contribution in [0.15, 0.2) is 24.3 Å². The molecule has 0 fully saturated rings. The monoisotopic (exact) mass is 275 g/mol. The van der Waals surface area contributed by atoms with Gasteiger partial charge in [-0.3, -0.25) is 9.59 Å². The first-order valence-electron chi connectivity index (χ1n) is 6.37. The Morgan fingerprint density at radius 2 is 1.80 bits per heavy atom. The zero-order valence-corrected chi connectivity index (χ0v) is 11.1. The van der Waals surface area contributed by atoms with Gasteiger partial charge in [-0.2, -0.15) is 5.26 Å². The Labute approximate surface area is 117 Å². The van der Waals surface area contributed by atoms with Gasteiger partial charge < -0.3 is 15.7 Å². The van der Waals surface area contributed by atoms with Crippen molar-refractivity contribution in [3.63, 3.8) is 0 Å². The molecule has 6 heteroatoms. The van der Waals surface area contributed by atoms with Gasteiger partial charge in [-0.15, -0.1) is 0 Å². The average Bonchev–Trinajstić information content (AvgIpc) is 2.47. The van der Waals surface area contributed by atoms with Crippen LogP contribution >= 0.6 is 0 Å². The minimum absolute atomic E-state index is 0.132. The van der Waals surface area contributed by atoms with Gasteiger partial charge in [-0.05, 0) is 43.5 Å². The Hall–Kier alpha value is -2.39. The zero-order valence-electron chi connectivity index (χ0n) is 11.1. The van der Waals surface area contributed by atoms with Crippen molar-refractivity contribution in [1.82, 2.24) is 5.32 Å². The van der Waals surface area contributed by atoms with Crippen molar-refractivity contribution in [1.29, 1.82) is 5.26 Å². The van der Waals surface area contributed by atoms with Gasteiger partial charge in [0.2, 0.25) is 0 Å². The minimum Gasteiger partial charge on any atom is -0.396 e. The Kier molecular flexibility index (Phi) is 6.79. The molecular formula is C14H17N3O3. The van der Waals surface area contributed by atoms with E-state index in [0.717, 1.165) is 12.8 Å². The maximum Gasteiger partial charge on any atom is 0.313 e. The molecule has 0 saturated heterocycles. The fourth-order valence-electron chi connectivity index (χ4n) is 1.51. The number of hydrogen-bond acceptors (Lipinski definition) is 4. The lowest BCUT2D eigenvalue weighted by molar-refractivity contribution is -0.136. The number of hydrogen-bond donors (Lipinski definition) is 3. The van der Waals surface area contributed by atoms with Crippen LogP contribution < -0.4 is 10.6 Å². The van der Waals surface area contributed by atoms with Crippen molar-refractivity contribution < 1.29 is 14.7 Å². The minimum atomic E-state index is -0.739. The number of rotatable bonds is 6. The fraction of sp³-hybridized carbons (Fsp3) is 0.357. The Balaban J connectivity index is 2.34. The van der Waals surface area contributed by atoms with Crippen LogP contribution in [0.2, 0.25) is 0 Å². The summed E-state index contributed by atoms with van der Waals surface area (Å²) in [6.45, 7) is 0.534. The number of nitrogens with zero attached hydrogens (tertiary/aromatic N) is 1. The van der Waals surface area contributed by atoms with Crippen LogP contribution in [0.25, 0.3) is 0 Å². The van der Waals surface area contributed by atoms with Gasteiger partial charge in [0, 0.05) is 18.8 Å². The highest BCUT2D eigenvalue weighted by Crippen LogP contribution is 2.08. The highest BCUT2D eigenvalue weighted by Gasteiger charge is 2.12. The van der Waals surface area contributed by atoms with Gasteiger partial charge in [0.25, 0.3) is 0 Å². The summed E-state index contributed by atoms with van der Waals surface area (Å²) in [7, 11) is 0. The van der Waals surface area contributed by atoms with E-state index in [9.17, 15) is 9.59 Å². The van der Waals surface area contributed by atoms with E-state index in [1.165, 1.54) is 0 Å². The van der Waals surface area contributed by atoms with Gasteiger partial charge in [-0.1, -0.05) is 0 Å². The van der Waals surface area contributed by atoms with Crippen LogP contribution in [0.4, 0.5) is 5.69 Å². The Morgan fingerprint density at radius 1 is 1.10 bits per heavy atom. The van der Waals surface area contributed by atoms with Gasteiger partial charge in [0.05, 0.1) is 11.6 Å². The molecule has 0 spiro atoms. The summed E-state index contributed by atoms with van der Waals surface area (Å²) < 4.78 is 0. The molecule has 106 valence electrons. The van der Waals surface area contributed by atoms with Crippen LogP contribution in [0.3, 0.4) is 0 Å². The smallest absolute Gasteiger partial charge is 0.313 e. The van der Waals surface area contributed by atoms with Crippen LogP contribution in [0.5, 0.6) is 0 Å². The van der Waals surface area contributed by atoms with Crippen LogP contribution in [0.1, 0.15) is 24.8 Å². The number of amides is 2. The summed E-state index contributed by atoms with van der Waals surface area (Å²) in [6, 6.07) is 8.20. The van der Waals surface area contributed by atoms with E-state index in [1.54, 1.807) is 24.3 Å². The number of carbonyl (C=O) groups is 2. The van der Waals surface area contributed by atoms with Crippen molar-refractivity contribution in [3.05, 3.63) is 29.8 Å². The van der Waals surface area contributed by atoms with Gasteiger partial charge in [0.15, 0.2) is 0 Å². The third-order valence-electron chi connectivity index (χ3n) is 2.60. The highest BCUT2D eigenvalue weighted by molar-refractivity contribution is 6.39. The predicted molar refractivity (Wildman–Crippen MR) is 73.7 cm³/mol. The summed E-state index contributed by atoms with van der Waals surface area (Å²) in [6.07, 6.45) is 2.21. The first-order valence-corrected chi connectivity index (χ1v) is 6.37. The number of nitrogens with one attached hydrogen (secondary N) is 2. The summed E-state index contributed by atoms with van der Waals surface area (Å²) in [4.78, 5) is 23.0. The number of aliphatic hydroxyl groups is 1. The van der Waals surface area contributed by atoms with E-state index in [2.05, 4.69) is 10.6 Å². The molecular weight excluding hydrogens is 258 g/mol. The molecule has 0 atom stereocenters. The third kappa shape index (κ3) is 5.50. The third-order valence-corrected chi connectivity index (χ3v) is 2.60. The number of unbranched alkanes of at least 4 members (excludes halogenated alkanes) is 2. The summed E-state index contributed by atoms with van der Waals surface area (Å²) in [5.41, 5.74) is 0.945. The summed E-state index contributed by atoms with van der Waals surface area (Å²) in [5.74, 6) is -1.43. The summed E-state index contributed by atoms with van der Waals surface area (Å²) >= 11 is 0. The molecule has 0 radical (unpaired) electrons. The molecule has 1 aromatic carbocycles. The molecule has 0 aliphatic carbocycles. The quantitative estimate of drug-likeness (QED) is 0.527. The molecule has 1 rings (SSSR count). The SMILES string of the molecule is N#Cc1ccc(NC(=O)C(=O)NCCCCCO)cc1. The molecule has 1 aromatic rings. The van der Waals surface area contributed by atoms with Crippen LogP contribution in [-0.2, 0) is 9.59 Å². The molecule has 3 N–H and O–H groups in total.